The lowest BCUT2D eigenvalue weighted by Crippen LogP contribution is -2.37. The van der Waals surface area contributed by atoms with Gasteiger partial charge in [-0.15, -0.1) is 0 Å². The van der Waals surface area contributed by atoms with E-state index in [9.17, 15) is 14.4 Å². The minimum Gasteiger partial charge on any atom is -0.469 e. The molecular weight excluding hydrogens is 346 g/mol. The maximum absolute atomic E-state index is 12.5. The molecule has 7 heteroatoms. The first-order valence-electron chi connectivity index (χ1n) is 9.30. The van der Waals surface area contributed by atoms with E-state index in [2.05, 4.69) is 23.9 Å². The van der Waals surface area contributed by atoms with Crippen molar-refractivity contribution in [1.29, 1.82) is 0 Å². The third-order valence-electron chi connectivity index (χ3n) is 4.49. The molecule has 0 radical (unpaired) electrons. The van der Waals surface area contributed by atoms with Crippen LogP contribution in [0.25, 0.3) is 0 Å². The fourth-order valence-corrected chi connectivity index (χ4v) is 3.31. The molecule has 0 saturated heterocycles. The number of carbonyl (C=O) groups excluding carboxylic acids is 3. The van der Waals surface area contributed by atoms with Crippen LogP contribution in [0.15, 0.2) is 18.2 Å². The Morgan fingerprint density at radius 1 is 1.30 bits per heavy atom. The van der Waals surface area contributed by atoms with E-state index in [0.717, 1.165) is 29.9 Å². The van der Waals surface area contributed by atoms with E-state index in [0.29, 0.717) is 19.0 Å². The Bertz CT molecular complexity index is 702. The number of benzene rings is 1. The van der Waals surface area contributed by atoms with Gasteiger partial charge < -0.3 is 15.0 Å². The molecular formula is C20H29N3O4. The molecule has 148 valence electrons. The van der Waals surface area contributed by atoms with Crippen LogP contribution < -0.4 is 10.2 Å². The molecule has 0 aromatic heterocycles. The van der Waals surface area contributed by atoms with Crippen molar-refractivity contribution in [2.24, 2.45) is 5.92 Å². The van der Waals surface area contributed by atoms with Gasteiger partial charge in [0.15, 0.2) is 0 Å². The largest absolute Gasteiger partial charge is 0.469 e. The van der Waals surface area contributed by atoms with Crippen LogP contribution in [0.2, 0.25) is 0 Å². The van der Waals surface area contributed by atoms with Crippen molar-refractivity contribution in [1.82, 2.24) is 4.90 Å². The lowest BCUT2D eigenvalue weighted by molar-refractivity contribution is -0.141. The lowest BCUT2D eigenvalue weighted by atomic mass is 10.1. The van der Waals surface area contributed by atoms with Gasteiger partial charge in [-0.2, -0.15) is 0 Å². The zero-order valence-electron chi connectivity index (χ0n) is 16.6. The quantitative estimate of drug-likeness (QED) is 0.704. The van der Waals surface area contributed by atoms with Gasteiger partial charge in [0.05, 0.1) is 20.1 Å². The van der Waals surface area contributed by atoms with Gasteiger partial charge in [0, 0.05) is 37.9 Å². The Morgan fingerprint density at radius 2 is 2.04 bits per heavy atom. The topological polar surface area (TPSA) is 79.0 Å². The molecule has 0 unspecified atom stereocenters. The van der Waals surface area contributed by atoms with Crippen LogP contribution in [0, 0.1) is 5.92 Å². The first kappa shape index (κ1) is 20.9. The number of nitrogens with one attached hydrogen (secondary N) is 1. The number of rotatable bonds is 8. The van der Waals surface area contributed by atoms with Crippen molar-refractivity contribution in [2.45, 2.75) is 33.6 Å². The van der Waals surface area contributed by atoms with E-state index < -0.39 is 0 Å². The molecule has 27 heavy (non-hydrogen) atoms. The SMILES string of the molecule is COC(=O)CCN(CC(=O)Nc1ccc2c(c1)CCN2C(C)=O)CC(C)C. The number of carbonyl (C=O) groups is 3. The van der Waals surface area contributed by atoms with Gasteiger partial charge in [-0.25, -0.2) is 0 Å². The van der Waals surface area contributed by atoms with Crippen molar-refractivity contribution in [3.05, 3.63) is 23.8 Å². The normalized spacial score (nSPS) is 13.0. The molecule has 1 N–H and O–H groups in total. The summed E-state index contributed by atoms with van der Waals surface area (Å²) >= 11 is 0. The summed E-state index contributed by atoms with van der Waals surface area (Å²) in [6, 6.07) is 5.62. The highest BCUT2D eigenvalue weighted by atomic mass is 16.5. The number of fused-ring (bicyclic) bond motifs is 1. The predicted molar refractivity (Wildman–Crippen MR) is 105 cm³/mol. The van der Waals surface area contributed by atoms with Crippen molar-refractivity contribution in [3.8, 4) is 0 Å². The van der Waals surface area contributed by atoms with Crippen molar-refractivity contribution in [3.63, 3.8) is 0 Å². The van der Waals surface area contributed by atoms with Crippen LogP contribution in [0.4, 0.5) is 11.4 Å². The molecule has 1 aliphatic heterocycles. The standard InChI is InChI=1S/C20H29N3O4/c1-14(2)12-22(9-8-20(26)27-4)13-19(25)21-17-5-6-18-16(11-17)7-10-23(18)15(3)24/h5-6,11,14H,7-10,12-13H2,1-4H3,(H,21,25). The highest BCUT2D eigenvalue weighted by molar-refractivity contribution is 5.96. The van der Waals surface area contributed by atoms with Crippen LogP contribution in [0.5, 0.6) is 0 Å². The molecule has 1 heterocycles. The number of methoxy groups -OCH3 is 1. The van der Waals surface area contributed by atoms with Gasteiger partial charge >= 0.3 is 5.97 Å². The summed E-state index contributed by atoms with van der Waals surface area (Å²) in [5.74, 6) is 0.00757. The van der Waals surface area contributed by atoms with Crippen molar-refractivity contribution >= 4 is 29.2 Å². The molecule has 0 fully saturated rings. The number of hydrogen-bond donors (Lipinski definition) is 1. The molecule has 0 spiro atoms. The summed E-state index contributed by atoms with van der Waals surface area (Å²) in [5, 5.41) is 2.92. The molecule has 0 bridgehead atoms. The Hall–Kier alpha value is -2.41. The van der Waals surface area contributed by atoms with E-state index in [4.69, 9.17) is 0 Å². The van der Waals surface area contributed by atoms with Crippen molar-refractivity contribution in [2.75, 3.05) is 43.5 Å². The zero-order chi connectivity index (χ0) is 20.0. The van der Waals surface area contributed by atoms with E-state index in [1.54, 1.807) is 11.8 Å². The predicted octanol–water partition coefficient (Wildman–Crippen LogP) is 2.06. The van der Waals surface area contributed by atoms with E-state index in [1.807, 2.05) is 23.1 Å². The third kappa shape index (κ3) is 6.06. The molecule has 7 nitrogen and oxygen atoms in total. The number of anilines is 2. The van der Waals surface area contributed by atoms with Gasteiger partial charge in [0.1, 0.15) is 0 Å². The summed E-state index contributed by atoms with van der Waals surface area (Å²) in [6.07, 6.45) is 1.05. The van der Waals surface area contributed by atoms with Gasteiger partial charge in [-0.3, -0.25) is 19.3 Å². The lowest BCUT2D eigenvalue weighted by Gasteiger charge is -2.23. The summed E-state index contributed by atoms with van der Waals surface area (Å²) in [5.41, 5.74) is 2.70. The van der Waals surface area contributed by atoms with Crippen LogP contribution >= 0.6 is 0 Å². The highest BCUT2D eigenvalue weighted by Gasteiger charge is 2.22. The Balaban J connectivity index is 1.96. The average molecular weight is 375 g/mol. The Kier molecular flexibility index (Phi) is 7.36. The third-order valence-corrected chi connectivity index (χ3v) is 4.49. The molecule has 2 rings (SSSR count). The highest BCUT2D eigenvalue weighted by Crippen LogP contribution is 2.30. The zero-order valence-corrected chi connectivity index (χ0v) is 16.6. The number of amides is 2. The molecule has 1 aliphatic rings. The van der Waals surface area contributed by atoms with E-state index in [-0.39, 0.29) is 30.7 Å². The minimum atomic E-state index is -0.280. The maximum Gasteiger partial charge on any atom is 0.306 e. The molecule has 2 amide bonds. The van der Waals surface area contributed by atoms with Gasteiger partial charge in [0.2, 0.25) is 11.8 Å². The van der Waals surface area contributed by atoms with Crippen LogP contribution in [0.3, 0.4) is 0 Å². The maximum atomic E-state index is 12.5. The fraction of sp³-hybridized carbons (Fsp3) is 0.550. The second-order valence-electron chi connectivity index (χ2n) is 7.27. The summed E-state index contributed by atoms with van der Waals surface area (Å²) in [4.78, 5) is 39.2. The second-order valence-corrected chi connectivity index (χ2v) is 7.27. The summed E-state index contributed by atoms with van der Waals surface area (Å²) < 4.78 is 4.68. The fourth-order valence-electron chi connectivity index (χ4n) is 3.31. The molecule has 1 aromatic rings. The first-order chi connectivity index (χ1) is 12.8. The van der Waals surface area contributed by atoms with Gasteiger partial charge in [-0.05, 0) is 36.1 Å². The van der Waals surface area contributed by atoms with Crippen LogP contribution in [0.1, 0.15) is 32.8 Å². The minimum absolute atomic E-state index is 0.0282. The monoisotopic (exact) mass is 375 g/mol. The molecule has 1 aromatic carbocycles. The number of esters is 1. The molecule has 0 aliphatic carbocycles. The molecule has 0 atom stereocenters. The number of hydrogen-bond acceptors (Lipinski definition) is 5. The van der Waals surface area contributed by atoms with E-state index in [1.165, 1.54) is 7.11 Å². The Morgan fingerprint density at radius 3 is 2.67 bits per heavy atom. The summed E-state index contributed by atoms with van der Waals surface area (Å²) in [7, 11) is 1.36. The van der Waals surface area contributed by atoms with Crippen molar-refractivity contribution < 1.29 is 19.1 Å². The number of nitrogens with zero attached hydrogens (tertiary/aromatic N) is 2. The number of ether oxygens (including phenoxy) is 1. The average Bonchev–Trinajstić information content (AvgIpc) is 3.02. The first-order valence-corrected chi connectivity index (χ1v) is 9.30. The summed E-state index contributed by atoms with van der Waals surface area (Å²) in [6.45, 7) is 7.80. The van der Waals surface area contributed by atoms with E-state index >= 15 is 0 Å². The Labute approximate surface area is 160 Å². The molecule has 0 saturated carbocycles. The van der Waals surface area contributed by atoms with Crippen LogP contribution in [-0.4, -0.2) is 56.0 Å². The van der Waals surface area contributed by atoms with Gasteiger partial charge in [0.25, 0.3) is 0 Å². The second kappa shape index (κ2) is 9.50. The van der Waals surface area contributed by atoms with Gasteiger partial charge in [-0.1, -0.05) is 13.8 Å². The smallest absolute Gasteiger partial charge is 0.306 e. The van der Waals surface area contributed by atoms with Crippen LogP contribution in [-0.2, 0) is 25.5 Å².